The molecule has 0 bridgehead atoms. The molecule has 20 heteroatoms. The molecule has 4 aliphatic rings. The molecule has 0 spiro atoms. The summed E-state index contributed by atoms with van der Waals surface area (Å²) in [4.78, 5) is 85.4. The summed E-state index contributed by atoms with van der Waals surface area (Å²) in [5, 5.41) is -0.364. The number of benzene rings is 2. The first-order chi connectivity index (χ1) is 30.4. The second-order valence-corrected chi connectivity index (χ2v) is 20.5. The van der Waals surface area contributed by atoms with Gasteiger partial charge in [0.2, 0.25) is 5.69 Å². The van der Waals surface area contributed by atoms with Gasteiger partial charge in [-0.3, -0.25) is 28.3 Å². The minimum Gasteiger partial charge on any atom is -0.330 e. The topological polar surface area (TPSA) is 242 Å². The van der Waals surface area contributed by atoms with Gasteiger partial charge in [-0.15, -0.1) is 10.1 Å². The quantitative estimate of drug-likeness (QED) is 0.0668. The predicted octanol–water partition coefficient (Wildman–Crippen LogP) is 4.84. The molecule has 4 heterocycles. The summed E-state index contributed by atoms with van der Waals surface area (Å²) in [5.41, 5.74) is 3.68. The number of fused-ring (bicyclic) bond motifs is 2. The Hall–Kier alpha value is -5.83. The maximum atomic E-state index is 13.0. The average molecular weight is 938 g/mol. The highest BCUT2D eigenvalue weighted by Crippen LogP contribution is 2.50. The van der Waals surface area contributed by atoms with Crippen molar-refractivity contribution in [3.63, 3.8) is 0 Å². The van der Waals surface area contributed by atoms with Crippen LogP contribution in [0.15, 0.2) is 72.5 Å². The van der Waals surface area contributed by atoms with Gasteiger partial charge in [0.1, 0.15) is 6.54 Å². The number of anilines is 1. The number of carbonyl (C=O) groups excluding carboxylic acids is 6. The van der Waals surface area contributed by atoms with E-state index >= 15 is 0 Å². The third-order valence-corrected chi connectivity index (χ3v) is 13.8. The molecule has 2 aromatic rings. The van der Waals surface area contributed by atoms with E-state index in [9.17, 15) is 54.7 Å². The van der Waals surface area contributed by atoms with Crippen LogP contribution in [0.1, 0.15) is 108 Å². The number of nitrogens with zero attached hydrogens (tertiary/aromatic N) is 4. The molecule has 4 aliphatic heterocycles. The summed E-state index contributed by atoms with van der Waals surface area (Å²) in [6.45, 7) is 9.91. The van der Waals surface area contributed by atoms with Gasteiger partial charge in [0, 0.05) is 66.6 Å². The SMILES string of the molecule is CCCC(N1C(=CC=CC=CC2=[N+](CCCCS(=O)(=O)O)c3ccc(CC(=O)ON4C(=O)CCC4=O)cc3C2(C)C)C(C)(C)c2cc(CC(=O)ON3C(=O)CCC3=O)ccc21)S(=O)(=O)O. The molecule has 348 valence electrons. The zero-order valence-corrected chi connectivity index (χ0v) is 38.4. The van der Waals surface area contributed by atoms with Crippen molar-refractivity contribution in [2.24, 2.45) is 0 Å². The van der Waals surface area contributed by atoms with E-state index < -0.39 is 77.8 Å². The van der Waals surface area contributed by atoms with E-state index in [0.29, 0.717) is 57.6 Å². The van der Waals surface area contributed by atoms with Crippen LogP contribution in [-0.2, 0) is 82.4 Å². The lowest BCUT2D eigenvalue weighted by Crippen LogP contribution is -2.40. The van der Waals surface area contributed by atoms with Gasteiger partial charge in [-0.1, -0.05) is 63.6 Å². The Morgan fingerprint density at radius 2 is 1.29 bits per heavy atom. The molecule has 1 unspecified atom stereocenters. The van der Waals surface area contributed by atoms with Gasteiger partial charge in [0.05, 0.1) is 24.0 Å². The average Bonchev–Trinajstić information content (AvgIpc) is 3.84. The zero-order chi connectivity index (χ0) is 47.6. The number of hydroxylamine groups is 4. The standard InChI is InChI=1S/C45H52N4O14S2/c1-6-12-41(65(59,60)61)47-34-18-16-30(28-43(55)63-49-39(52)21-22-40(49)53)26-32(34)45(4,5)36(47)14-9-7-8-13-35-44(2,3)31-25-29(27-42(54)62-48-37(50)19-20-38(48)51)15-17-33(31)46(35)23-10-11-24-64(56,57)58/h7-9,13-18,25-26,41H,6,10-12,19-24,27-28H2,1-5H3,(H-,56,57,58,59,60,61)/p+1. The number of allylic oxidation sites excluding steroid dienone is 6. The van der Waals surface area contributed by atoms with Gasteiger partial charge >= 0.3 is 11.9 Å². The van der Waals surface area contributed by atoms with Crippen molar-refractivity contribution < 1.29 is 69.0 Å². The molecule has 0 saturated carbocycles. The van der Waals surface area contributed by atoms with E-state index in [2.05, 4.69) is 0 Å². The highest BCUT2D eigenvalue weighted by Gasteiger charge is 2.47. The van der Waals surface area contributed by atoms with Crippen molar-refractivity contribution in [2.45, 2.75) is 115 Å². The number of hydrogen-bond acceptors (Lipinski definition) is 13. The molecule has 6 rings (SSSR count). The second kappa shape index (κ2) is 18.9. The number of carbonyl (C=O) groups is 6. The molecule has 2 saturated heterocycles. The van der Waals surface area contributed by atoms with Crippen LogP contribution in [0.25, 0.3) is 0 Å². The number of rotatable bonds is 18. The summed E-state index contributed by atoms with van der Waals surface area (Å²) >= 11 is 0. The van der Waals surface area contributed by atoms with Crippen LogP contribution in [0.4, 0.5) is 11.4 Å². The predicted molar refractivity (Wildman–Crippen MR) is 235 cm³/mol. The van der Waals surface area contributed by atoms with E-state index in [1.165, 1.54) is 0 Å². The van der Waals surface area contributed by atoms with E-state index in [4.69, 9.17) is 9.68 Å². The van der Waals surface area contributed by atoms with Gasteiger partial charge in [-0.2, -0.15) is 21.4 Å². The van der Waals surface area contributed by atoms with Gasteiger partial charge in [0.15, 0.2) is 11.1 Å². The van der Waals surface area contributed by atoms with Crippen molar-refractivity contribution in [3.05, 3.63) is 94.7 Å². The smallest absolute Gasteiger partial charge is 0.330 e. The monoisotopic (exact) mass is 937 g/mol. The van der Waals surface area contributed by atoms with Crippen molar-refractivity contribution in [1.29, 1.82) is 0 Å². The maximum Gasteiger partial charge on any atom is 0.337 e. The Morgan fingerprint density at radius 3 is 1.82 bits per heavy atom. The molecule has 2 fully saturated rings. The lowest BCUT2D eigenvalue weighted by molar-refractivity contribution is -0.438. The van der Waals surface area contributed by atoms with Crippen molar-refractivity contribution in [1.82, 2.24) is 10.1 Å². The highest BCUT2D eigenvalue weighted by molar-refractivity contribution is 7.86. The third kappa shape index (κ3) is 10.7. The van der Waals surface area contributed by atoms with Crippen molar-refractivity contribution in [3.8, 4) is 0 Å². The minimum atomic E-state index is -4.63. The lowest BCUT2D eigenvalue weighted by Gasteiger charge is -2.32. The second-order valence-electron chi connectivity index (χ2n) is 17.4. The largest absolute Gasteiger partial charge is 0.337 e. The number of unbranched alkanes of at least 4 members (excludes halogenated alkanes) is 1. The van der Waals surface area contributed by atoms with Crippen LogP contribution in [0.3, 0.4) is 0 Å². The van der Waals surface area contributed by atoms with E-state index in [0.717, 1.165) is 17.0 Å². The van der Waals surface area contributed by atoms with Gasteiger partial charge in [0.25, 0.3) is 43.9 Å². The first-order valence-corrected chi connectivity index (χ1v) is 24.4. The van der Waals surface area contributed by atoms with Crippen LogP contribution < -0.4 is 4.90 Å². The summed E-state index contributed by atoms with van der Waals surface area (Å²) in [6, 6.07) is 10.4. The fourth-order valence-electron chi connectivity index (χ4n) is 8.63. The first kappa shape index (κ1) is 48.6. The summed E-state index contributed by atoms with van der Waals surface area (Å²) < 4.78 is 70.8. The number of imide groups is 2. The fourth-order valence-corrected chi connectivity index (χ4v) is 10.2. The van der Waals surface area contributed by atoms with E-state index in [1.54, 1.807) is 60.4 Å². The van der Waals surface area contributed by atoms with Crippen molar-refractivity contribution >= 4 is 72.9 Å². The Labute approximate surface area is 377 Å². The number of amides is 4. The lowest BCUT2D eigenvalue weighted by atomic mass is 9.80. The Bertz CT molecular complexity index is 2650. The van der Waals surface area contributed by atoms with Gasteiger partial charge in [-0.05, 0) is 61.6 Å². The normalized spacial score (nSPS) is 19.4. The molecular weight excluding hydrogens is 885 g/mol. The fraction of sp³-hybridized carbons (Fsp3) is 0.444. The van der Waals surface area contributed by atoms with E-state index in [-0.39, 0.29) is 51.4 Å². The number of hydrogen-bond donors (Lipinski definition) is 2. The molecule has 0 aromatic heterocycles. The van der Waals surface area contributed by atoms with Gasteiger partial charge < -0.3 is 14.6 Å². The maximum absolute atomic E-state index is 13.0. The summed E-state index contributed by atoms with van der Waals surface area (Å²) in [5.74, 6) is -4.40. The molecule has 65 heavy (non-hydrogen) atoms. The van der Waals surface area contributed by atoms with Crippen molar-refractivity contribution in [2.75, 3.05) is 17.2 Å². The van der Waals surface area contributed by atoms with Gasteiger partial charge in [-0.25, -0.2) is 9.59 Å². The Kier molecular flexibility index (Phi) is 14.2. The molecule has 18 nitrogen and oxygen atoms in total. The molecule has 4 amide bonds. The van der Waals surface area contributed by atoms with Crippen LogP contribution >= 0.6 is 0 Å². The minimum absolute atomic E-state index is 0.0328. The van der Waals surface area contributed by atoms with Crippen LogP contribution in [0.2, 0.25) is 0 Å². The zero-order valence-electron chi connectivity index (χ0n) is 36.8. The van der Waals surface area contributed by atoms with E-state index in [1.807, 2.05) is 50.5 Å². The molecule has 2 N–H and O–H groups in total. The third-order valence-electron chi connectivity index (χ3n) is 11.9. The van der Waals surface area contributed by atoms with Crippen LogP contribution in [0.5, 0.6) is 0 Å². The van der Waals surface area contributed by atoms with Crippen LogP contribution in [0, 0.1) is 0 Å². The Balaban J connectivity index is 1.29. The molecule has 0 radical (unpaired) electrons. The Morgan fingerprint density at radius 1 is 0.754 bits per heavy atom. The highest BCUT2D eigenvalue weighted by atomic mass is 32.2. The molecule has 1 atom stereocenters. The molecule has 2 aromatic carbocycles. The molecule has 0 aliphatic carbocycles. The first-order valence-electron chi connectivity index (χ1n) is 21.2. The summed E-state index contributed by atoms with van der Waals surface area (Å²) in [7, 11) is -8.80. The summed E-state index contributed by atoms with van der Waals surface area (Å²) in [6.07, 6.45) is 9.35. The van der Waals surface area contributed by atoms with Crippen LogP contribution in [-0.4, -0.2) is 99.6 Å². The molecular formula is C45H53N4O14S2+.